The third kappa shape index (κ3) is 3.45. The summed E-state index contributed by atoms with van der Waals surface area (Å²) in [6.07, 6.45) is -7.80. The molecule has 11 heteroatoms. The van der Waals surface area contributed by atoms with Gasteiger partial charge in [0.15, 0.2) is 0 Å². The Bertz CT molecular complexity index is 1480. The van der Waals surface area contributed by atoms with Gasteiger partial charge in [0.2, 0.25) is 6.10 Å². The van der Waals surface area contributed by atoms with E-state index in [9.17, 15) is 31.9 Å². The molecule has 6 nitrogen and oxygen atoms in total. The van der Waals surface area contributed by atoms with Gasteiger partial charge in [-0.25, -0.2) is 4.98 Å². The Morgan fingerprint density at radius 1 is 1.26 bits per heavy atom. The molecular weight excluding hydrogens is 461 g/mol. The van der Waals surface area contributed by atoms with Crippen molar-refractivity contribution in [3.05, 3.63) is 58.9 Å². The number of aliphatic hydroxyl groups excluding tert-OH is 1. The standard InChI is InChI=1S/C23H16F5N3O3/c1-30-16-10-15(19-12(21(30)33)3-2-4-17(19)34-22(24)25)31-14-9-11(5-7-13(14)29-20(16)31)6-8-18(32)23(26,27)28/h2-5,7,9,15-16,18,22,32H,10H2,1H3/t15-,16-,18?/m1/s1/i1D3. The molecule has 34 heavy (non-hydrogen) atoms. The van der Waals surface area contributed by atoms with Crippen molar-refractivity contribution in [3.63, 3.8) is 0 Å². The number of halogens is 5. The van der Waals surface area contributed by atoms with Crippen LogP contribution >= 0.6 is 0 Å². The SMILES string of the molecule is [2H]C([2H])([2H])N1C(=O)c2cccc(OC(F)F)c2[C@H]2C[C@@H]1c1nc3ccc(C#CC(O)C(F)(F)F)cc3n12. The summed E-state index contributed by atoms with van der Waals surface area (Å²) < 4.78 is 94.6. The Balaban J connectivity index is 1.73. The number of imidazole rings is 1. The number of aromatic nitrogens is 2. The van der Waals surface area contributed by atoms with Gasteiger partial charge in [-0.05, 0) is 30.3 Å². The number of rotatable bonds is 2. The monoisotopic (exact) mass is 480 g/mol. The van der Waals surface area contributed by atoms with Crippen LogP contribution in [0.15, 0.2) is 36.4 Å². The van der Waals surface area contributed by atoms with E-state index < -0.39 is 43.9 Å². The molecule has 0 aliphatic carbocycles. The summed E-state index contributed by atoms with van der Waals surface area (Å²) in [6.45, 7) is -6.12. The Labute approximate surface area is 193 Å². The maximum Gasteiger partial charge on any atom is 0.425 e. The quantitative estimate of drug-likeness (QED) is 0.444. The Morgan fingerprint density at radius 3 is 2.76 bits per heavy atom. The molecule has 2 aliphatic heterocycles. The van der Waals surface area contributed by atoms with Crippen molar-refractivity contribution in [2.45, 2.75) is 37.4 Å². The molecule has 2 aliphatic rings. The zero-order valence-electron chi connectivity index (χ0n) is 20.0. The number of hydrogen-bond acceptors (Lipinski definition) is 4. The fourth-order valence-electron chi connectivity index (χ4n) is 4.42. The second-order valence-corrected chi connectivity index (χ2v) is 7.80. The Hall–Kier alpha value is -3.65. The molecular formula is C23H16F5N3O3. The van der Waals surface area contributed by atoms with Crippen molar-refractivity contribution in [1.29, 1.82) is 0 Å². The molecule has 0 saturated heterocycles. The summed E-state index contributed by atoms with van der Waals surface area (Å²) >= 11 is 0. The zero-order chi connectivity index (χ0) is 26.9. The molecule has 0 saturated carbocycles. The van der Waals surface area contributed by atoms with Gasteiger partial charge in [0.1, 0.15) is 11.6 Å². The van der Waals surface area contributed by atoms with Crippen molar-refractivity contribution in [3.8, 4) is 17.6 Å². The number of benzene rings is 2. The van der Waals surface area contributed by atoms with E-state index in [1.54, 1.807) is 10.5 Å². The molecule has 3 atom stereocenters. The zero-order valence-corrected chi connectivity index (χ0v) is 17.0. The summed E-state index contributed by atoms with van der Waals surface area (Å²) in [5.74, 6) is 2.94. The number of fused-ring (bicyclic) bond motifs is 9. The van der Waals surface area contributed by atoms with Crippen LogP contribution in [0.2, 0.25) is 0 Å². The maximum atomic E-state index is 13.4. The van der Waals surface area contributed by atoms with Crippen LogP contribution in [0.4, 0.5) is 22.0 Å². The minimum atomic E-state index is -4.93. The number of aliphatic hydroxyl groups is 1. The number of alkyl halides is 5. The number of carbonyl (C=O) groups is 1. The van der Waals surface area contributed by atoms with Crippen LogP contribution in [0.25, 0.3) is 11.0 Å². The number of carbonyl (C=O) groups excluding carboxylic acids is 1. The van der Waals surface area contributed by atoms with Crippen molar-refractivity contribution in [2.24, 2.45) is 0 Å². The van der Waals surface area contributed by atoms with Crippen LogP contribution in [0.5, 0.6) is 5.75 Å². The lowest BCUT2D eigenvalue weighted by molar-refractivity contribution is -0.184. The molecule has 2 aromatic carbocycles. The van der Waals surface area contributed by atoms with E-state index in [1.807, 2.05) is 0 Å². The molecule has 1 aromatic heterocycles. The molecule has 0 fully saturated rings. The van der Waals surface area contributed by atoms with Crippen LogP contribution < -0.4 is 4.74 Å². The molecule has 176 valence electrons. The normalized spacial score (nSPS) is 21.7. The smallest absolute Gasteiger partial charge is 0.425 e. The molecule has 3 aromatic rings. The van der Waals surface area contributed by atoms with Crippen molar-refractivity contribution in [2.75, 3.05) is 6.98 Å². The molecule has 2 bridgehead atoms. The number of nitrogens with zero attached hydrogens (tertiary/aromatic N) is 3. The van der Waals surface area contributed by atoms with E-state index >= 15 is 0 Å². The Kier molecular flexibility index (Phi) is 4.24. The fourth-order valence-corrected chi connectivity index (χ4v) is 4.42. The highest BCUT2D eigenvalue weighted by atomic mass is 19.4. The summed E-state index contributed by atoms with van der Waals surface area (Å²) in [5.41, 5.74) is 0.665. The van der Waals surface area contributed by atoms with Gasteiger partial charge in [-0.3, -0.25) is 4.79 Å². The largest absolute Gasteiger partial charge is 0.434 e. The maximum absolute atomic E-state index is 13.4. The summed E-state index contributed by atoms with van der Waals surface area (Å²) in [7, 11) is 0. The first-order chi connectivity index (χ1) is 17.3. The van der Waals surface area contributed by atoms with Gasteiger partial charge >= 0.3 is 12.8 Å². The van der Waals surface area contributed by atoms with E-state index in [-0.39, 0.29) is 34.7 Å². The van der Waals surface area contributed by atoms with Gasteiger partial charge in [0.25, 0.3) is 5.91 Å². The van der Waals surface area contributed by atoms with E-state index in [0.717, 1.165) is 0 Å². The van der Waals surface area contributed by atoms with E-state index in [0.29, 0.717) is 15.9 Å². The van der Waals surface area contributed by atoms with Gasteiger partial charge in [0.05, 0.1) is 23.1 Å². The highest BCUT2D eigenvalue weighted by Crippen LogP contribution is 2.49. The lowest BCUT2D eigenvalue weighted by Gasteiger charge is -2.24. The first kappa shape index (κ1) is 18.7. The first-order valence-corrected chi connectivity index (χ1v) is 9.97. The van der Waals surface area contributed by atoms with Gasteiger partial charge < -0.3 is 19.3 Å². The summed E-state index contributed by atoms with van der Waals surface area (Å²) in [4.78, 5) is 18.5. The molecule has 1 N–H and O–H groups in total. The topological polar surface area (TPSA) is 67.6 Å². The lowest BCUT2D eigenvalue weighted by atomic mass is 9.97. The third-order valence-electron chi connectivity index (χ3n) is 5.81. The summed E-state index contributed by atoms with van der Waals surface area (Å²) in [6, 6.07) is 6.18. The van der Waals surface area contributed by atoms with Gasteiger partial charge in [0, 0.05) is 34.2 Å². The minimum absolute atomic E-state index is 0.0122. The average Bonchev–Trinajstić information content (AvgIpc) is 3.28. The molecule has 1 amide bonds. The fraction of sp³-hybridized carbons (Fsp3) is 0.304. The summed E-state index contributed by atoms with van der Waals surface area (Å²) in [5, 5.41) is 9.19. The minimum Gasteiger partial charge on any atom is -0.434 e. The molecule has 1 unspecified atom stereocenters. The van der Waals surface area contributed by atoms with Crippen molar-refractivity contribution < 1.29 is 40.7 Å². The van der Waals surface area contributed by atoms with Crippen molar-refractivity contribution >= 4 is 16.9 Å². The van der Waals surface area contributed by atoms with E-state index in [1.165, 1.54) is 36.4 Å². The van der Waals surface area contributed by atoms with Crippen LogP contribution in [-0.2, 0) is 0 Å². The first-order valence-electron chi connectivity index (χ1n) is 11.5. The second-order valence-electron chi connectivity index (χ2n) is 7.80. The molecule has 0 radical (unpaired) electrons. The third-order valence-corrected chi connectivity index (χ3v) is 5.81. The van der Waals surface area contributed by atoms with Crippen LogP contribution in [0.3, 0.4) is 0 Å². The van der Waals surface area contributed by atoms with Gasteiger partial charge in [-0.1, -0.05) is 17.9 Å². The molecule has 5 rings (SSSR count). The average molecular weight is 480 g/mol. The molecule has 3 heterocycles. The van der Waals surface area contributed by atoms with E-state index in [4.69, 9.17) is 4.11 Å². The highest BCUT2D eigenvalue weighted by molar-refractivity contribution is 5.97. The highest BCUT2D eigenvalue weighted by Gasteiger charge is 2.45. The predicted molar refractivity (Wildman–Crippen MR) is 109 cm³/mol. The van der Waals surface area contributed by atoms with E-state index in [2.05, 4.69) is 15.6 Å². The van der Waals surface area contributed by atoms with Crippen LogP contribution in [-0.4, -0.2) is 51.3 Å². The lowest BCUT2D eigenvalue weighted by Crippen LogP contribution is -2.30. The van der Waals surface area contributed by atoms with Crippen LogP contribution in [0.1, 0.15) is 49.9 Å². The molecule has 0 spiro atoms. The Morgan fingerprint density at radius 2 is 2.06 bits per heavy atom. The second kappa shape index (κ2) is 7.70. The van der Waals surface area contributed by atoms with Crippen molar-refractivity contribution in [1.82, 2.24) is 14.5 Å². The predicted octanol–water partition coefficient (Wildman–Crippen LogP) is 4.03. The van der Waals surface area contributed by atoms with Gasteiger partial charge in [-0.2, -0.15) is 22.0 Å². The number of amides is 1. The number of hydrogen-bond donors (Lipinski definition) is 1. The van der Waals surface area contributed by atoms with Crippen LogP contribution in [0, 0.1) is 11.8 Å². The van der Waals surface area contributed by atoms with Gasteiger partial charge in [-0.15, -0.1) is 0 Å². The number of ether oxygens (including phenoxy) is 1.